The third kappa shape index (κ3) is 5.37. The van der Waals surface area contributed by atoms with Crippen LogP contribution in [0.5, 0.6) is 5.75 Å². The monoisotopic (exact) mass is 465 g/mol. The van der Waals surface area contributed by atoms with Gasteiger partial charge in [-0.3, -0.25) is 24.8 Å². The Morgan fingerprint density at radius 2 is 1.72 bits per heavy atom. The highest BCUT2D eigenvalue weighted by atomic mass is 31.2. The van der Waals surface area contributed by atoms with E-state index in [1.807, 2.05) is 13.8 Å². The molecule has 1 N–H and O–H groups in total. The fraction of sp³-hybridized carbons (Fsp3) is 0.333. The summed E-state index contributed by atoms with van der Waals surface area (Å²) >= 11 is 0. The van der Waals surface area contributed by atoms with Gasteiger partial charge in [-0.2, -0.15) is 0 Å². The summed E-state index contributed by atoms with van der Waals surface area (Å²) in [5, 5.41) is 32.4. The van der Waals surface area contributed by atoms with Crippen LogP contribution in [-0.4, -0.2) is 39.5 Å². The SMILES string of the molecule is CC(C)[C@@H](COP(C)(=O)Oc1ccc([N+](=O)[O-])cc1)Nc1ccc([N+](=O)[O-])c2nonc12. The molecule has 14 heteroatoms. The Morgan fingerprint density at radius 3 is 2.31 bits per heavy atom. The van der Waals surface area contributed by atoms with Gasteiger partial charge >= 0.3 is 13.3 Å². The molecule has 2 atom stereocenters. The Bertz CT molecular complexity index is 1180. The van der Waals surface area contributed by atoms with Gasteiger partial charge < -0.3 is 9.84 Å². The highest BCUT2D eigenvalue weighted by Gasteiger charge is 2.26. The molecule has 0 saturated heterocycles. The lowest BCUT2D eigenvalue weighted by Gasteiger charge is -2.25. The van der Waals surface area contributed by atoms with Crippen molar-refractivity contribution in [3.8, 4) is 5.75 Å². The van der Waals surface area contributed by atoms with E-state index in [1.165, 1.54) is 43.1 Å². The smallest absolute Gasteiger partial charge is 0.376 e. The number of aromatic nitrogens is 2. The van der Waals surface area contributed by atoms with Gasteiger partial charge in [0.05, 0.1) is 28.2 Å². The van der Waals surface area contributed by atoms with Crippen molar-refractivity contribution in [3.05, 3.63) is 56.6 Å². The maximum atomic E-state index is 12.8. The van der Waals surface area contributed by atoms with E-state index < -0.39 is 17.4 Å². The number of rotatable bonds is 10. The average molecular weight is 465 g/mol. The first-order valence-corrected chi connectivity index (χ1v) is 11.4. The third-order valence-electron chi connectivity index (χ3n) is 4.54. The van der Waals surface area contributed by atoms with E-state index in [-0.39, 0.29) is 46.7 Å². The quantitative estimate of drug-likeness (QED) is 0.255. The fourth-order valence-electron chi connectivity index (χ4n) is 2.78. The number of nitro groups is 2. The number of hydrogen-bond acceptors (Lipinski definition) is 11. The number of anilines is 1. The first kappa shape index (κ1) is 23.1. The Kier molecular flexibility index (Phi) is 6.70. The molecule has 13 nitrogen and oxygen atoms in total. The molecular weight excluding hydrogens is 445 g/mol. The molecule has 1 unspecified atom stereocenters. The molecule has 32 heavy (non-hydrogen) atoms. The third-order valence-corrected chi connectivity index (χ3v) is 5.70. The molecule has 0 amide bonds. The van der Waals surface area contributed by atoms with Gasteiger partial charge in [-0.25, -0.2) is 9.19 Å². The minimum Gasteiger partial charge on any atom is -0.425 e. The molecule has 0 aliphatic rings. The molecule has 3 rings (SSSR count). The summed E-state index contributed by atoms with van der Waals surface area (Å²) in [5.74, 6) is 0.167. The fourth-order valence-corrected chi connectivity index (χ4v) is 3.77. The van der Waals surface area contributed by atoms with Gasteiger partial charge in [0.25, 0.3) is 5.69 Å². The average Bonchev–Trinajstić information content (AvgIpc) is 3.20. The van der Waals surface area contributed by atoms with Crippen LogP contribution in [0.4, 0.5) is 17.1 Å². The number of nitro benzene ring substituents is 2. The van der Waals surface area contributed by atoms with E-state index >= 15 is 0 Å². The Morgan fingerprint density at radius 1 is 1.06 bits per heavy atom. The maximum absolute atomic E-state index is 12.8. The van der Waals surface area contributed by atoms with Crippen molar-refractivity contribution in [2.75, 3.05) is 18.6 Å². The Balaban J connectivity index is 1.70. The van der Waals surface area contributed by atoms with Crippen LogP contribution in [0.15, 0.2) is 41.0 Å². The molecule has 0 radical (unpaired) electrons. The number of non-ortho nitro benzene ring substituents is 2. The van der Waals surface area contributed by atoms with E-state index in [4.69, 9.17) is 9.05 Å². The maximum Gasteiger partial charge on any atom is 0.376 e. The van der Waals surface area contributed by atoms with Crippen molar-refractivity contribution >= 4 is 35.7 Å². The van der Waals surface area contributed by atoms with Gasteiger partial charge in [0, 0.05) is 24.9 Å². The number of nitrogens with zero attached hydrogens (tertiary/aromatic N) is 4. The molecule has 0 aliphatic heterocycles. The van der Waals surface area contributed by atoms with Crippen LogP contribution in [0.1, 0.15) is 13.8 Å². The van der Waals surface area contributed by atoms with Crippen LogP contribution in [0.3, 0.4) is 0 Å². The lowest BCUT2D eigenvalue weighted by atomic mass is 10.0. The van der Waals surface area contributed by atoms with Crippen LogP contribution in [0.25, 0.3) is 11.0 Å². The zero-order valence-corrected chi connectivity index (χ0v) is 18.2. The van der Waals surface area contributed by atoms with Crippen molar-refractivity contribution < 1.29 is 28.1 Å². The minimum absolute atomic E-state index is 0.000484. The highest BCUT2D eigenvalue weighted by molar-refractivity contribution is 7.53. The topological polar surface area (TPSA) is 173 Å². The Labute approximate surface area is 181 Å². The standard InChI is InChI=1S/C18H20N5O8P/c1-11(2)15(19-14-8-9-16(23(26)27)18-17(14)20-31-21-18)10-29-32(3,28)30-13-6-4-12(5-7-13)22(24)25/h4-9,11,15,19H,10H2,1-3H3/t15-,32?/m1/s1. The Hall–Kier alpha value is -3.57. The molecule has 2 aromatic carbocycles. The van der Waals surface area contributed by atoms with Crippen LogP contribution < -0.4 is 9.84 Å². The molecule has 0 aliphatic carbocycles. The van der Waals surface area contributed by atoms with Crippen LogP contribution in [-0.2, 0) is 9.09 Å². The first-order chi connectivity index (χ1) is 15.1. The zero-order chi connectivity index (χ0) is 23.5. The predicted octanol–water partition coefficient (Wildman–Crippen LogP) is 4.39. The summed E-state index contributed by atoms with van der Waals surface area (Å²) in [6, 6.07) is 7.54. The summed E-state index contributed by atoms with van der Waals surface area (Å²) in [6.07, 6.45) is 0. The molecule has 0 spiro atoms. The zero-order valence-electron chi connectivity index (χ0n) is 17.3. The summed E-state index contributed by atoms with van der Waals surface area (Å²) in [5.41, 5.74) is 0.276. The second-order valence-corrected chi connectivity index (χ2v) is 9.24. The molecule has 0 fully saturated rings. The van der Waals surface area contributed by atoms with Crippen molar-refractivity contribution in [1.82, 2.24) is 10.3 Å². The normalized spacial score (nSPS) is 14.1. The molecule has 1 heterocycles. The first-order valence-electron chi connectivity index (χ1n) is 9.39. The summed E-state index contributed by atoms with van der Waals surface area (Å²) < 4.78 is 28.3. The van der Waals surface area contributed by atoms with E-state index in [0.29, 0.717) is 5.69 Å². The molecule has 3 aromatic rings. The van der Waals surface area contributed by atoms with Gasteiger partial charge in [-0.1, -0.05) is 13.8 Å². The molecule has 0 bridgehead atoms. The van der Waals surface area contributed by atoms with Crippen molar-refractivity contribution in [1.29, 1.82) is 0 Å². The molecule has 170 valence electrons. The van der Waals surface area contributed by atoms with Crippen molar-refractivity contribution in [2.24, 2.45) is 5.92 Å². The number of nitrogens with one attached hydrogen (secondary N) is 1. The lowest BCUT2D eigenvalue weighted by Crippen LogP contribution is -2.30. The lowest BCUT2D eigenvalue weighted by molar-refractivity contribution is -0.384. The number of hydrogen-bond donors (Lipinski definition) is 1. The van der Waals surface area contributed by atoms with Crippen LogP contribution >= 0.6 is 7.60 Å². The largest absolute Gasteiger partial charge is 0.425 e. The van der Waals surface area contributed by atoms with Gasteiger partial charge in [0.15, 0.2) is 5.52 Å². The highest BCUT2D eigenvalue weighted by Crippen LogP contribution is 2.45. The predicted molar refractivity (Wildman–Crippen MR) is 114 cm³/mol. The van der Waals surface area contributed by atoms with Gasteiger partial charge in [-0.05, 0) is 34.4 Å². The van der Waals surface area contributed by atoms with Crippen LogP contribution in [0.2, 0.25) is 0 Å². The minimum atomic E-state index is -3.55. The van der Waals surface area contributed by atoms with E-state index in [9.17, 15) is 24.8 Å². The summed E-state index contributed by atoms with van der Waals surface area (Å²) in [6.45, 7) is 5.07. The van der Waals surface area contributed by atoms with Gasteiger partial charge in [0.1, 0.15) is 5.75 Å². The van der Waals surface area contributed by atoms with E-state index in [2.05, 4.69) is 20.3 Å². The molecular formula is C18H20N5O8P. The second kappa shape index (κ2) is 9.28. The van der Waals surface area contributed by atoms with Crippen molar-refractivity contribution in [3.63, 3.8) is 0 Å². The van der Waals surface area contributed by atoms with Crippen LogP contribution in [0, 0.1) is 26.1 Å². The van der Waals surface area contributed by atoms with Gasteiger partial charge in [0.2, 0.25) is 5.52 Å². The second-order valence-electron chi connectivity index (χ2n) is 7.26. The van der Waals surface area contributed by atoms with E-state index in [1.54, 1.807) is 0 Å². The summed E-state index contributed by atoms with van der Waals surface area (Å²) in [7, 11) is -3.55. The number of fused-ring (bicyclic) bond motifs is 1. The molecule has 0 saturated carbocycles. The van der Waals surface area contributed by atoms with Gasteiger partial charge in [-0.15, -0.1) is 0 Å². The van der Waals surface area contributed by atoms with Crippen molar-refractivity contribution in [2.45, 2.75) is 19.9 Å². The summed E-state index contributed by atoms with van der Waals surface area (Å²) in [4.78, 5) is 20.8. The van der Waals surface area contributed by atoms with E-state index in [0.717, 1.165) is 0 Å². The number of benzene rings is 2. The molecule has 1 aromatic heterocycles.